The van der Waals surface area contributed by atoms with Crippen molar-refractivity contribution in [2.75, 3.05) is 13.3 Å². The third-order valence-corrected chi connectivity index (χ3v) is 4.79. The fourth-order valence-electron chi connectivity index (χ4n) is 1.70. The molecule has 1 unspecified atom stereocenters. The Kier molecular flexibility index (Phi) is 3.11. The van der Waals surface area contributed by atoms with E-state index in [4.69, 9.17) is 0 Å². The Morgan fingerprint density at radius 2 is 2.00 bits per heavy atom. The summed E-state index contributed by atoms with van der Waals surface area (Å²) in [4.78, 5) is 11.2. The van der Waals surface area contributed by atoms with E-state index in [-0.39, 0.29) is 5.66 Å². The molecule has 1 atom stereocenters. The average Bonchev–Trinajstić information content (AvgIpc) is 2.11. The third kappa shape index (κ3) is 2.75. The zero-order chi connectivity index (χ0) is 9.19. The van der Waals surface area contributed by atoms with Gasteiger partial charge in [-0.2, -0.15) is 0 Å². The predicted molar refractivity (Wildman–Crippen MR) is 51.3 cm³/mol. The van der Waals surface area contributed by atoms with E-state index in [2.05, 4.69) is 0 Å². The zero-order valence-electron chi connectivity index (χ0n) is 7.88. The fourth-order valence-corrected chi connectivity index (χ4v) is 3.15. The van der Waals surface area contributed by atoms with Crippen LogP contribution in [0, 0.1) is 0 Å². The molecule has 0 aromatic heterocycles. The minimum atomic E-state index is -2.03. The van der Waals surface area contributed by atoms with Crippen LogP contribution in [0.25, 0.3) is 0 Å². The number of Topliss-reactive ketones (excluding diaryl/α,β-unsaturated/α-hetero) is 1. The highest BCUT2D eigenvalue weighted by Crippen LogP contribution is 2.47. The van der Waals surface area contributed by atoms with Crippen LogP contribution in [0.2, 0.25) is 0 Å². The van der Waals surface area contributed by atoms with Crippen LogP contribution in [-0.2, 0) is 9.36 Å². The van der Waals surface area contributed by atoms with Gasteiger partial charge in [-0.15, -0.1) is 0 Å². The zero-order valence-corrected chi connectivity index (χ0v) is 8.77. The quantitative estimate of drug-likeness (QED) is 0.468. The van der Waals surface area contributed by atoms with E-state index >= 15 is 0 Å². The maximum atomic E-state index is 11.7. The van der Waals surface area contributed by atoms with E-state index in [1.807, 2.05) is 0 Å². The molecule has 1 fully saturated rings. The SMILES string of the molecule is CP(C)(=O)C1CCCCC(=O)C1. The number of carbonyl (C=O) groups is 1. The second-order valence-electron chi connectivity index (χ2n) is 4.08. The Hall–Kier alpha value is -0.100. The maximum Gasteiger partial charge on any atom is 0.133 e. The van der Waals surface area contributed by atoms with E-state index < -0.39 is 7.14 Å². The molecule has 1 aliphatic rings. The molecule has 0 amide bonds. The van der Waals surface area contributed by atoms with Crippen LogP contribution in [0.1, 0.15) is 32.1 Å². The summed E-state index contributed by atoms with van der Waals surface area (Å²) in [5.74, 6) is 0.307. The first-order valence-electron chi connectivity index (χ1n) is 4.56. The maximum absolute atomic E-state index is 11.7. The minimum Gasteiger partial charge on any atom is -0.324 e. The fraction of sp³-hybridized carbons (Fsp3) is 0.889. The van der Waals surface area contributed by atoms with E-state index in [0.717, 1.165) is 19.3 Å². The molecule has 0 spiro atoms. The Bertz CT molecular complexity index is 217. The molecular formula is C9H17O2P. The van der Waals surface area contributed by atoms with Gasteiger partial charge in [0.2, 0.25) is 0 Å². The molecule has 0 aromatic carbocycles. The number of rotatable bonds is 1. The van der Waals surface area contributed by atoms with Crippen molar-refractivity contribution in [2.45, 2.75) is 37.8 Å². The molecule has 0 N–H and O–H groups in total. The van der Waals surface area contributed by atoms with Gasteiger partial charge in [-0.05, 0) is 26.2 Å². The summed E-state index contributed by atoms with van der Waals surface area (Å²) in [6.07, 6.45) is 4.31. The first kappa shape index (κ1) is 9.98. The van der Waals surface area contributed by atoms with Gasteiger partial charge in [-0.25, -0.2) is 0 Å². The molecule has 12 heavy (non-hydrogen) atoms. The molecule has 0 heterocycles. The molecule has 1 aliphatic carbocycles. The Morgan fingerprint density at radius 1 is 1.33 bits per heavy atom. The average molecular weight is 188 g/mol. The summed E-state index contributed by atoms with van der Waals surface area (Å²) < 4.78 is 11.7. The predicted octanol–water partition coefficient (Wildman–Crippen LogP) is 2.51. The molecule has 3 heteroatoms. The number of ketones is 1. The molecule has 1 rings (SSSR count). The lowest BCUT2D eigenvalue weighted by molar-refractivity contribution is -0.118. The lowest BCUT2D eigenvalue weighted by Crippen LogP contribution is -2.10. The van der Waals surface area contributed by atoms with Crippen LogP contribution in [0.4, 0.5) is 0 Å². The lowest BCUT2D eigenvalue weighted by atomic mass is 10.2. The van der Waals surface area contributed by atoms with Gasteiger partial charge in [0, 0.05) is 18.5 Å². The summed E-state index contributed by atoms with van der Waals surface area (Å²) in [7, 11) is -2.03. The van der Waals surface area contributed by atoms with E-state index in [0.29, 0.717) is 18.6 Å². The van der Waals surface area contributed by atoms with Crippen molar-refractivity contribution in [3.63, 3.8) is 0 Å². The van der Waals surface area contributed by atoms with Crippen molar-refractivity contribution < 1.29 is 9.36 Å². The largest absolute Gasteiger partial charge is 0.324 e. The number of hydrogen-bond acceptors (Lipinski definition) is 2. The molecule has 1 saturated carbocycles. The minimum absolute atomic E-state index is 0.174. The van der Waals surface area contributed by atoms with Gasteiger partial charge in [-0.3, -0.25) is 4.79 Å². The smallest absolute Gasteiger partial charge is 0.133 e. The van der Waals surface area contributed by atoms with Crippen molar-refractivity contribution in [3.05, 3.63) is 0 Å². The standard InChI is InChI=1S/C9H17O2P/c1-12(2,11)9-6-4-3-5-8(10)7-9/h9H,3-7H2,1-2H3. The molecule has 0 bridgehead atoms. The monoisotopic (exact) mass is 188 g/mol. The van der Waals surface area contributed by atoms with Crippen molar-refractivity contribution in [3.8, 4) is 0 Å². The van der Waals surface area contributed by atoms with Gasteiger partial charge in [0.1, 0.15) is 5.78 Å². The van der Waals surface area contributed by atoms with Crippen LogP contribution < -0.4 is 0 Å². The highest BCUT2D eigenvalue weighted by molar-refractivity contribution is 7.63. The Balaban J connectivity index is 2.64. The molecular weight excluding hydrogens is 171 g/mol. The van der Waals surface area contributed by atoms with Crippen LogP contribution in [0.5, 0.6) is 0 Å². The van der Waals surface area contributed by atoms with Gasteiger partial charge in [0.25, 0.3) is 0 Å². The molecule has 0 aliphatic heterocycles. The first-order valence-corrected chi connectivity index (χ1v) is 7.23. The van der Waals surface area contributed by atoms with Crippen LogP contribution in [-0.4, -0.2) is 24.8 Å². The van der Waals surface area contributed by atoms with E-state index in [1.54, 1.807) is 13.3 Å². The van der Waals surface area contributed by atoms with Gasteiger partial charge < -0.3 is 4.57 Å². The molecule has 0 saturated heterocycles. The molecule has 2 nitrogen and oxygen atoms in total. The highest BCUT2D eigenvalue weighted by atomic mass is 31.2. The van der Waals surface area contributed by atoms with Gasteiger partial charge in [0.05, 0.1) is 7.14 Å². The molecule has 0 radical (unpaired) electrons. The third-order valence-electron chi connectivity index (χ3n) is 2.59. The summed E-state index contributed by atoms with van der Waals surface area (Å²) in [6, 6.07) is 0. The Labute approximate surface area is 74.1 Å². The summed E-state index contributed by atoms with van der Waals surface area (Å²) >= 11 is 0. The highest BCUT2D eigenvalue weighted by Gasteiger charge is 2.26. The van der Waals surface area contributed by atoms with E-state index in [1.165, 1.54) is 0 Å². The summed E-state index contributed by atoms with van der Waals surface area (Å²) in [5, 5.41) is 0. The van der Waals surface area contributed by atoms with Crippen molar-refractivity contribution >= 4 is 12.9 Å². The van der Waals surface area contributed by atoms with Gasteiger partial charge in [-0.1, -0.05) is 6.42 Å². The molecule has 70 valence electrons. The van der Waals surface area contributed by atoms with Crippen LogP contribution >= 0.6 is 7.14 Å². The second kappa shape index (κ2) is 3.74. The van der Waals surface area contributed by atoms with Gasteiger partial charge in [0.15, 0.2) is 0 Å². The second-order valence-corrected chi connectivity index (χ2v) is 7.68. The van der Waals surface area contributed by atoms with Crippen LogP contribution in [0.15, 0.2) is 0 Å². The normalized spacial score (nSPS) is 26.8. The summed E-state index contributed by atoms with van der Waals surface area (Å²) in [6.45, 7) is 3.60. The van der Waals surface area contributed by atoms with Crippen molar-refractivity contribution in [1.82, 2.24) is 0 Å². The van der Waals surface area contributed by atoms with Gasteiger partial charge >= 0.3 is 0 Å². The van der Waals surface area contributed by atoms with Crippen molar-refractivity contribution in [2.24, 2.45) is 0 Å². The first-order chi connectivity index (χ1) is 5.50. The summed E-state index contributed by atoms with van der Waals surface area (Å²) in [5.41, 5.74) is 0.174. The lowest BCUT2D eigenvalue weighted by Gasteiger charge is -2.17. The number of carbonyl (C=O) groups excluding carboxylic acids is 1. The number of hydrogen-bond donors (Lipinski definition) is 0. The Morgan fingerprint density at radius 3 is 2.58 bits per heavy atom. The topological polar surface area (TPSA) is 34.1 Å². The molecule has 0 aromatic rings. The van der Waals surface area contributed by atoms with Crippen molar-refractivity contribution in [1.29, 1.82) is 0 Å². The van der Waals surface area contributed by atoms with E-state index in [9.17, 15) is 9.36 Å². The van der Waals surface area contributed by atoms with Crippen LogP contribution in [0.3, 0.4) is 0 Å².